The molecule has 3 atom stereocenters. The number of benzene rings is 1. The van der Waals surface area contributed by atoms with Crippen LogP contribution in [0, 0.1) is 0 Å². The van der Waals surface area contributed by atoms with E-state index in [-0.39, 0.29) is 11.9 Å². The molecule has 0 radical (unpaired) electrons. The van der Waals surface area contributed by atoms with Crippen LogP contribution in [0.2, 0.25) is 6.82 Å². The zero-order valence-corrected chi connectivity index (χ0v) is 21.7. The number of fused-ring (bicyclic) bond motifs is 2. The molecule has 3 fully saturated rings. The topological polar surface area (TPSA) is 84.0 Å². The minimum atomic E-state index is -0.478. The van der Waals surface area contributed by atoms with Gasteiger partial charge in [0.1, 0.15) is 5.82 Å². The zero-order valence-electron chi connectivity index (χ0n) is 21.7. The fourth-order valence-corrected chi connectivity index (χ4v) is 6.10. The summed E-state index contributed by atoms with van der Waals surface area (Å²) in [7, 11) is 1.69. The summed E-state index contributed by atoms with van der Waals surface area (Å²) in [5.41, 5.74) is 2.92. The Kier molecular flexibility index (Phi) is 7.51. The van der Waals surface area contributed by atoms with Crippen LogP contribution in [0.25, 0.3) is 0 Å². The highest BCUT2D eigenvalue weighted by Gasteiger charge is 2.41. The van der Waals surface area contributed by atoms with Gasteiger partial charge in [0, 0.05) is 56.2 Å². The van der Waals surface area contributed by atoms with Gasteiger partial charge in [-0.1, -0.05) is 12.1 Å². The van der Waals surface area contributed by atoms with E-state index in [4.69, 9.17) is 0 Å². The van der Waals surface area contributed by atoms with Gasteiger partial charge in [0.05, 0.1) is 11.6 Å². The van der Waals surface area contributed by atoms with E-state index in [2.05, 4.69) is 61.5 Å². The van der Waals surface area contributed by atoms with Crippen LogP contribution in [0.4, 0.5) is 11.5 Å². The van der Waals surface area contributed by atoms with E-state index in [1.165, 1.54) is 5.69 Å². The molecule has 0 saturated carbocycles. The number of carbonyl (C=O) groups excluding carboxylic acids is 1. The molecular formula is C27H39BN6O2. The van der Waals surface area contributed by atoms with Crippen molar-refractivity contribution in [3.63, 3.8) is 0 Å². The maximum Gasteiger partial charge on any atom is 0.373 e. The molecule has 3 N–H and O–H groups in total. The van der Waals surface area contributed by atoms with Crippen LogP contribution in [-0.2, 0) is 0 Å². The van der Waals surface area contributed by atoms with Crippen LogP contribution in [0.1, 0.15) is 54.6 Å². The van der Waals surface area contributed by atoms with E-state index >= 15 is 0 Å². The van der Waals surface area contributed by atoms with Gasteiger partial charge in [-0.2, -0.15) is 0 Å². The van der Waals surface area contributed by atoms with Crippen molar-refractivity contribution in [2.45, 2.75) is 63.6 Å². The van der Waals surface area contributed by atoms with Gasteiger partial charge in [-0.15, -0.1) is 0 Å². The van der Waals surface area contributed by atoms with Crippen LogP contribution in [0.3, 0.4) is 0 Å². The molecule has 0 spiro atoms. The Morgan fingerprint density at radius 3 is 2.31 bits per heavy atom. The number of hydrogen-bond donors (Lipinski definition) is 3. The number of amides is 1. The third kappa shape index (κ3) is 5.53. The van der Waals surface area contributed by atoms with Crippen LogP contribution < -0.4 is 20.3 Å². The van der Waals surface area contributed by atoms with Crippen molar-refractivity contribution in [2.75, 3.05) is 43.0 Å². The summed E-state index contributed by atoms with van der Waals surface area (Å²) in [6.07, 6.45) is 6.02. The molecule has 5 rings (SSSR count). The summed E-state index contributed by atoms with van der Waals surface area (Å²) < 4.78 is 0. The Morgan fingerprint density at radius 2 is 1.72 bits per heavy atom. The predicted octanol–water partition coefficient (Wildman–Crippen LogP) is 2.52. The molecule has 1 aromatic carbocycles. The Labute approximate surface area is 215 Å². The molecule has 3 saturated heterocycles. The molecule has 1 amide bonds. The van der Waals surface area contributed by atoms with Crippen molar-refractivity contribution in [2.24, 2.45) is 0 Å². The van der Waals surface area contributed by atoms with Gasteiger partial charge in [0.2, 0.25) is 0 Å². The number of pyridine rings is 1. The van der Waals surface area contributed by atoms with Crippen molar-refractivity contribution in [1.29, 1.82) is 0 Å². The maximum absolute atomic E-state index is 12.9. The highest BCUT2D eigenvalue weighted by molar-refractivity contribution is 6.45. The molecule has 3 aliphatic heterocycles. The molecule has 2 unspecified atom stereocenters. The van der Waals surface area contributed by atoms with E-state index in [1.807, 2.05) is 19.1 Å². The second-order valence-electron chi connectivity index (χ2n) is 10.8. The largest absolute Gasteiger partial charge is 0.437 e. The van der Waals surface area contributed by atoms with Crippen LogP contribution >= 0.6 is 0 Å². The summed E-state index contributed by atoms with van der Waals surface area (Å²) in [6, 6.07) is 13.6. The highest BCUT2D eigenvalue weighted by Crippen LogP contribution is 2.38. The molecule has 0 aliphatic carbocycles. The lowest BCUT2D eigenvalue weighted by Crippen LogP contribution is -2.52. The van der Waals surface area contributed by atoms with E-state index < -0.39 is 7.05 Å². The maximum atomic E-state index is 12.9. The van der Waals surface area contributed by atoms with Gasteiger partial charge in [-0.25, -0.2) is 4.98 Å². The molecule has 3 aliphatic rings. The van der Waals surface area contributed by atoms with E-state index in [9.17, 15) is 9.82 Å². The van der Waals surface area contributed by atoms with Crippen LogP contribution in [0.15, 0.2) is 42.6 Å². The molecule has 2 aromatic rings. The monoisotopic (exact) mass is 490 g/mol. The number of nitrogens with one attached hydrogen (secondary N) is 2. The fourth-order valence-electron chi connectivity index (χ4n) is 6.10. The van der Waals surface area contributed by atoms with Crippen molar-refractivity contribution in [1.82, 2.24) is 20.4 Å². The molecule has 4 heterocycles. The first-order valence-corrected chi connectivity index (χ1v) is 13.4. The first kappa shape index (κ1) is 25.1. The standard InChI is InChI=1S/C27H39BN6O2/c1-19(20-4-7-23(8-5-20)33-14-12-32(3)13-15-33)30-27(35)21-6-11-26(29-18-21)34-24-9-10-25(34)17-22(16-24)31-28(2)36/h4-8,11,18-19,22,24-25,31,36H,9-10,12-17H2,1-3H3,(H,30,35)/t19-,22?,24?,25?/m0/s1. The summed E-state index contributed by atoms with van der Waals surface area (Å²) in [6.45, 7) is 8.06. The van der Waals surface area contributed by atoms with Gasteiger partial charge in [0.25, 0.3) is 5.91 Å². The number of anilines is 2. The quantitative estimate of drug-likeness (QED) is 0.515. The fraction of sp³-hybridized carbons (Fsp3) is 0.556. The molecule has 8 nitrogen and oxygen atoms in total. The third-order valence-corrected chi connectivity index (χ3v) is 8.09. The first-order chi connectivity index (χ1) is 17.4. The summed E-state index contributed by atoms with van der Waals surface area (Å²) in [5.74, 6) is 0.842. The summed E-state index contributed by atoms with van der Waals surface area (Å²) in [4.78, 5) is 24.8. The number of piperazine rings is 1. The highest BCUT2D eigenvalue weighted by atomic mass is 16.2. The number of aromatic nitrogens is 1. The zero-order chi connectivity index (χ0) is 25.2. The average Bonchev–Trinajstić information content (AvgIpc) is 3.14. The van der Waals surface area contributed by atoms with Gasteiger partial charge < -0.3 is 30.3 Å². The smallest absolute Gasteiger partial charge is 0.373 e. The summed E-state index contributed by atoms with van der Waals surface area (Å²) in [5, 5.41) is 16.1. The molecule has 192 valence electrons. The Morgan fingerprint density at radius 1 is 1.06 bits per heavy atom. The Bertz CT molecular complexity index is 1010. The van der Waals surface area contributed by atoms with Crippen LogP contribution in [0.5, 0.6) is 0 Å². The predicted molar refractivity (Wildman–Crippen MR) is 146 cm³/mol. The lowest BCUT2D eigenvalue weighted by molar-refractivity contribution is 0.0939. The van der Waals surface area contributed by atoms with E-state index in [0.29, 0.717) is 23.7 Å². The summed E-state index contributed by atoms with van der Waals surface area (Å²) >= 11 is 0. The number of piperidine rings is 1. The molecular weight excluding hydrogens is 451 g/mol. The lowest BCUT2D eigenvalue weighted by atomic mass is 9.84. The van der Waals surface area contributed by atoms with Gasteiger partial charge in [0.15, 0.2) is 0 Å². The van der Waals surface area contributed by atoms with Gasteiger partial charge in [-0.05, 0) is 76.3 Å². The van der Waals surface area contributed by atoms with E-state index in [1.54, 1.807) is 13.0 Å². The molecule has 9 heteroatoms. The second kappa shape index (κ2) is 10.8. The second-order valence-corrected chi connectivity index (χ2v) is 10.8. The van der Waals surface area contributed by atoms with Crippen LogP contribution in [-0.4, -0.2) is 79.2 Å². The average molecular weight is 490 g/mol. The van der Waals surface area contributed by atoms with Crippen molar-refractivity contribution in [3.8, 4) is 0 Å². The SMILES string of the molecule is CB(O)NC1CC2CCC(C1)N2c1ccc(C(=O)N[C@@H](C)c2ccc(N3CCN(C)CC3)cc2)cn1. The third-order valence-electron chi connectivity index (χ3n) is 8.09. The number of likely N-dealkylation sites (N-methyl/N-ethyl adjacent to an activating group) is 1. The minimum Gasteiger partial charge on any atom is -0.437 e. The number of nitrogens with zero attached hydrogens (tertiary/aromatic N) is 4. The number of carbonyl (C=O) groups is 1. The lowest BCUT2D eigenvalue weighted by Gasteiger charge is -2.40. The minimum absolute atomic E-state index is 0.0880. The number of rotatable bonds is 7. The van der Waals surface area contributed by atoms with Gasteiger partial charge >= 0.3 is 7.05 Å². The van der Waals surface area contributed by atoms with E-state index in [0.717, 1.165) is 63.2 Å². The molecule has 36 heavy (non-hydrogen) atoms. The van der Waals surface area contributed by atoms with Crippen molar-refractivity contribution >= 4 is 24.5 Å². The molecule has 1 aromatic heterocycles. The number of hydrogen-bond acceptors (Lipinski definition) is 7. The van der Waals surface area contributed by atoms with Crippen molar-refractivity contribution < 1.29 is 9.82 Å². The normalized spacial score (nSPS) is 25.1. The van der Waals surface area contributed by atoms with Crippen molar-refractivity contribution in [3.05, 3.63) is 53.7 Å². The Hall–Kier alpha value is -2.62. The van der Waals surface area contributed by atoms with Gasteiger partial charge in [-0.3, -0.25) is 4.79 Å². The molecule has 2 bridgehead atoms. The first-order valence-electron chi connectivity index (χ1n) is 13.4. The Balaban J connectivity index is 1.17.